The first kappa shape index (κ1) is 20.2. The van der Waals surface area contributed by atoms with Gasteiger partial charge in [-0.1, -0.05) is 6.07 Å². The van der Waals surface area contributed by atoms with Crippen molar-refractivity contribution in [1.82, 2.24) is 9.62 Å². The minimum atomic E-state index is -3.52. The van der Waals surface area contributed by atoms with Gasteiger partial charge in [0.1, 0.15) is 5.76 Å². The van der Waals surface area contributed by atoms with Crippen molar-refractivity contribution in [2.24, 2.45) is 5.92 Å². The summed E-state index contributed by atoms with van der Waals surface area (Å²) in [5, 5.41) is 2.97. The van der Waals surface area contributed by atoms with Crippen LogP contribution in [0.4, 0.5) is 0 Å². The number of fused-ring (bicyclic) bond motifs is 1. The van der Waals surface area contributed by atoms with Crippen LogP contribution in [0.5, 0.6) is 0 Å². The van der Waals surface area contributed by atoms with Crippen LogP contribution in [0, 0.1) is 5.92 Å². The van der Waals surface area contributed by atoms with E-state index in [1.165, 1.54) is 21.9 Å². The number of furan rings is 1. The smallest absolute Gasteiger partial charge is 0.243 e. The highest BCUT2D eigenvalue weighted by Gasteiger charge is 2.33. The largest absolute Gasteiger partial charge is 0.467 e. The lowest BCUT2D eigenvalue weighted by Gasteiger charge is -2.31. The molecule has 1 atom stereocenters. The first-order valence-corrected chi connectivity index (χ1v) is 11.8. The normalized spacial score (nSPS) is 19.5. The summed E-state index contributed by atoms with van der Waals surface area (Å²) in [5.74, 6) is 0.493. The van der Waals surface area contributed by atoms with Crippen molar-refractivity contribution in [2.45, 2.75) is 56.4 Å². The Labute approximate surface area is 172 Å². The van der Waals surface area contributed by atoms with E-state index in [0.717, 1.165) is 19.3 Å². The predicted molar refractivity (Wildman–Crippen MR) is 110 cm³/mol. The van der Waals surface area contributed by atoms with Gasteiger partial charge in [-0.05, 0) is 80.8 Å². The number of piperidine rings is 1. The summed E-state index contributed by atoms with van der Waals surface area (Å²) in [7, 11) is -3.52. The molecule has 7 heteroatoms. The first-order chi connectivity index (χ1) is 13.9. The Hall–Kier alpha value is -2.12. The third-order valence-corrected chi connectivity index (χ3v) is 8.01. The van der Waals surface area contributed by atoms with E-state index < -0.39 is 10.0 Å². The van der Waals surface area contributed by atoms with E-state index in [9.17, 15) is 13.2 Å². The summed E-state index contributed by atoms with van der Waals surface area (Å²) in [5.41, 5.74) is 2.44. The third-order valence-electron chi connectivity index (χ3n) is 6.11. The number of amides is 1. The van der Waals surface area contributed by atoms with E-state index in [0.29, 0.717) is 36.6 Å². The number of aryl methyl sites for hydroxylation is 2. The van der Waals surface area contributed by atoms with Crippen molar-refractivity contribution >= 4 is 15.9 Å². The molecule has 1 aliphatic carbocycles. The molecule has 0 spiro atoms. The van der Waals surface area contributed by atoms with E-state index >= 15 is 0 Å². The highest BCUT2D eigenvalue weighted by Crippen LogP contribution is 2.28. The molecule has 2 aliphatic rings. The van der Waals surface area contributed by atoms with Crippen molar-refractivity contribution in [3.05, 3.63) is 53.5 Å². The molecule has 1 fully saturated rings. The average molecular weight is 417 g/mol. The van der Waals surface area contributed by atoms with Gasteiger partial charge >= 0.3 is 0 Å². The zero-order chi connectivity index (χ0) is 20.4. The summed E-state index contributed by atoms with van der Waals surface area (Å²) in [6, 6.07) is 8.99. The first-order valence-electron chi connectivity index (χ1n) is 10.4. The molecule has 0 radical (unpaired) electrons. The van der Waals surface area contributed by atoms with Crippen LogP contribution in [0.15, 0.2) is 45.9 Å². The van der Waals surface area contributed by atoms with E-state index in [1.54, 1.807) is 18.4 Å². The maximum atomic E-state index is 13.1. The van der Waals surface area contributed by atoms with Gasteiger partial charge in [0.25, 0.3) is 0 Å². The average Bonchev–Trinajstić information content (AvgIpc) is 3.28. The molecular formula is C22H28N2O4S. The third kappa shape index (κ3) is 4.26. The molecule has 1 saturated heterocycles. The molecule has 29 heavy (non-hydrogen) atoms. The van der Waals surface area contributed by atoms with Gasteiger partial charge in [-0.3, -0.25) is 4.79 Å². The maximum absolute atomic E-state index is 13.1. The van der Waals surface area contributed by atoms with Crippen molar-refractivity contribution in [3.63, 3.8) is 0 Å². The summed E-state index contributed by atoms with van der Waals surface area (Å²) in [6.07, 6.45) is 6.92. The van der Waals surface area contributed by atoms with Gasteiger partial charge in [0.2, 0.25) is 15.9 Å². The summed E-state index contributed by atoms with van der Waals surface area (Å²) >= 11 is 0. The van der Waals surface area contributed by atoms with E-state index in [1.807, 2.05) is 25.1 Å². The zero-order valence-electron chi connectivity index (χ0n) is 16.8. The molecule has 0 unspecified atom stereocenters. The molecule has 0 saturated carbocycles. The second-order valence-corrected chi connectivity index (χ2v) is 10.00. The van der Waals surface area contributed by atoms with Crippen LogP contribution in [-0.2, 0) is 27.7 Å². The number of nitrogens with one attached hydrogen (secondary N) is 1. The Balaban J connectivity index is 1.38. The Bertz CT molecular complexity index is 961. The lowest BCUT2D eigenvalue weighted by atomic mass is 9.92. The van der Waals surface area contributed by atoms with Crippen LogP contribution in [0.25, 0.3) is 0 Å². The molecule has 1 N–H and O–H groups in total. The molecule has 1 aromatic carbocycles. The Kier molecular flexibility index (Phi) is 5.79. The van der Waals surface area contributed by atoms with Crippen LogP contribution >= 0.6 is 0 Å². The predicted octanol–water partition coefficient (Wildman–Crippen LogP) is 3.44. The molecule has 2 heterocycles. The lowest BCUT2D eigenvalue weighted by molar-refractivity contribution is -0.126. The minimum absolute atomic E-state index is 0.0419. The second kappa shape index (κ2) is 8.32. The summed E-state index contributed by atoms with van der Waals surface area (Å²) in [4.78, 5) is 13.0. The van der Waals surface area contributed by atoms with Gasteiger partial charge in [-0.2, -0.15) is 4.31 Å². The van der Waals surface area contributed by atoms with E-state index in [4.69, 9.17) is 4.42 Å². The molecular weight excluding hydrogens is 388 g/mol. The molecule has 6 nitrogen and oxygen atoms in total. The topological polar surface area (TPSA) is 79.6 Å². The molecule has 1 amide bonds. The number of carbonyl (C=O) groups is 1. The fourth-order valence-electron chi connectivity index (χ4n) is 4.32. The maximum Gasteiger partial charge on any atom is 0.243 e. The quantitative estimate of drug-likeness (QED) is 0.810. The summed E-state index contributed by atoms with van der Waals surface area (Å²) < 4.78 is 33.0. The number of hydrogen-bond acceptors (Lipinski definition) is 4. The number of carbonyl (C=O) groups excluding carboxylic acids is 1. The molecule has 1 aromatic heterocycles. The van der Waals surface area contributed by atoms with Gasteiger partial charge in [-0.15, -0.1) is 0 Å². The van der Waals surface area contributed by atoms with Crippen LogP contribution in [0.2, 0.25) is 0 Å². The van der Waals surface area contributed by atoms with Crippen LogP contribution < -0.4 is 5.32 Å². The Morgan fingerprint density at radius 1 is 1.14 bits per heavy atom. The van der Waals surface area contributed by atoms with Gasteiger partial charge in [-0.25, -0.2) is 8.42 Å². The van der Waals surface area contributed by atoms with Crippen molar-refractivity contribution in [2.75, 3.05) is 13.1 Å². The highest BCUT2D eigenvalue weighted by atomic mass is 32.2. The van der Waals surface area contributed by atoms with Crippen molar-refractivity contribution in [3.8, 4) is 0 Å². The number of hydrogen-bond donors (Lipinski definition) is 1. The summed E-state index contributed by atoms with van der Waals surface area (Å²) in [6.45, 7) is 2.62. The Morgan fingerprint density at radius 2 is 1.86 bits per heavy atom. The number of benzene rings is 1. The van der Waals surface area contributed by atoms with Crippen LogP contribution in [0.1, 0.15) is 55.5 Å². The molecule has 156 valence electrons. The lowest BCUT2D eigenvalue weighted by Crippen LogP contribution is -2.43. The molecule has 2 aromatic rings. The van der Waals surface area contributed by atoms with Crippen molar-refractivity contribution < 1.29 is 17.6 Å². The van der Waals surface area contributed by atoms with E-state index in [-0.39, 0.29) is 17.9 Å². The van der Waals surface area contributed by atoms with E-state index in [2.05, 4.69) is 5.32 Å². The standard InChI is InChI=1S/C22H28N2O4S/c1-16(21-7-4-14-28-21)23-22(25)18-10-12-24(13-11-18)29(26,27)20-9-8-17-5-2-3-6-19(17)15-20/h4,7-9,14-16,18H,2-3,5-6,10-13H2,1H3,(H,23,25)/t16-/m1/s1. The van der Waals surface area contributed by atoms with Gasteiger partial charge in [0.15, 0.2) is 0 Å². The van der Waals surface area contributed by atoms with Crippen LogP contribution in [-0.4, -0.2) is 31.7 Å². The van der Waals surface area contributed by atoms with Crippen molar-refractivity contribution in [1.29, 1.82) is 0 Å². The zero-order valence-corrected chi connectivity index (χ0v) is 17.6. The molecule has 4 rings (SSSR count). The number of nitrogens with zero attached hydrogens (tertiary/aromatic N) is 1. The number of sulfonamides is 1. The monoisotopic (exact) mass is 416 g/mol. The van der Waals surface area contributed by atoms with Gasteiger partial charge < -0.3 is 9.73 Å². The SMILES string of the molecule is C[C@@H](NC(=O)C1CCN(S(=O)(=O)c2ccc3c(c2)CCCC3)CC1)c1ccco1. The Morgan fingerprint density at radius 3 is 2.55 bits per heavy atom. The van der Waals surface area contributed by atoms with Gasteiger partial charge in [0.05, 0.1) is 17.2 Å². The molecule has 0 bridgehead atoms. The number of rotatable bonds is 5. The minimum Gasteiger partial charge on any atom is -0.467 e. The second-order valence-electron chi connectivity index (χ2n) is 8.06. The fraction of sp³-hybridized carbons (Fsp3) is 0.500. The van der Waals surface area contributed by atoms with Crippen LogP contribution in [0.3, 0.4) is 0 Å². The molecule has 1 aliphatic heterocycles. The fourth-order valence-corrected chi connectivity index (χ4v) is 5.84. The highest BCUT2D eigenvalue weighted by molar-refractivity contribution is 7.89. The van der Waals surface area contributed by atoms with Gasteiger partial charge in [0, 0.05) is 19.0 Å².